The van der Waals surface area contributed by atoms with Gasteiger partial charge in [0.15, 0.2) is 17.5 Å². The Morgan fingerprint density at radius 1 is 1.05 bits per heavy atom. The van der Waals surface area contributed by atoms with Crippen LogP contribution in [0, 0.1) is 17.5 Å². The van der Waals surface area contributed by atoms with Crippen LogP contribution in [0.25, 0.3) is 0 Å². The lowest BCUT2D eigenvalue weighted by Crippen LogP contribution is -2.59. The van der Waals surface area contributed by atoms with E-state index in [1.807, 2.05) is 4.90 Å². The molecule has 2 nitrogen and oxygen atoms in total. The molecule has 5 heteroatoms. The van der Waals surface area contributed by atoms with Crippen LogP contribution < -0.4 is 10.2 Å². The molecule has 1 saturated carbocycles. The first-order valence-electron chi connectivity index (χ1n) is 6.74. The summed E-state index contributed by atoms with van der Waals surface area (Å²) in [6.07, 6.45) is 4.56. The van der Waals surface area contributed by atoms with Gasteiger partial charge in [-0.2, -0.15) is 0 Å². The molecule has 0 atom stereocenters. The van der Waals surface area contributed by atoms with Crippen LogP contribution in [0.4, 0.5) is 18.9 Å². The van der Waals surface area contributed by atoms with Crippen molar-refractivity contribution in [1.82, 2.24) is 5.32 Å². The van der Waals surface area contributed by atoms with Gasteiger partial charge in [0.25, 0.3) is 0 Å². The van der Waals surface area contributed by atoms with Gasteiger partial charge in [0.1, 0.15) is 0 Å². The van der Waals surface area contributed by atoms with Crippen molar-refractivity contribution in [2.75, 3.05) is 24.5 Å². The minimum absolute atomic E-state index is 0.0690. The molecule has 0 amide bonds. The van der Waals surface area contributed by atoms with E-state index in [2.05, 4.69) is 5.32 Å². The van der Waals surface area contributed by atoms with E-state index >= 15 is 0 Å². The summed E-state index contributed by atoms with van der Waals surface area (Å²) in [5, 5.41) is 3.53. The van der Waals surface area contributed by atoms with Crippen molar-refractivity contribution in [2.45, 2.75) is 31.2 Å². The summed E-state index contributed by atoms with van der Waals surface area (Å²) in [7, 11) is 0. The van der Waals surface area contributed by atoms with Crippen LogP contribution in [0.2, 0.25) is 0 Å². The lowest BCUT2D eigenvalue weighted by atomic mass is 9.94. The van der Waals surface area contributed by atoms with Gasteiger partial charge < -0.3 is 10.2 Å². The van der Waals surface area contributed by atoms with Crippen LogP contribution >= 0.6 is 0 Å². The number of hydrogen-bond acceptors (Lipinski definition) is 2. The average Bonchev–Trinajstić information content (AvgIpc) is 2.83. The molecule has 3 rings (SSSR count). The summed E-state index contributed by atoms with van der Waals surface area (Å²) in [6.45, 7) is 2.21. The first-order chi connectivity index (χ1) is 9.10. The van der Waals surface area contributed by atoms with Gasteiger partial charge in [-0.25, -0.2) is 13.2 Å². The van der Waals surface area contributed by atoms with Crippen LogP contribution in [0.3, 0.4) is 0 Å². The molecule has 1 saturated heterocycles. The fourth-order valence-electron chi connectivity index (χ4n) is 3.29. The van der Waals surface area contributed by atoms with E-state index < -0.39 is 17.5 Å². The lowest BCUT2D eigenvalue weighted by molar-refractivity contribution is 0.303. The molecule has 1 spiro atoms. The zero-order chi connectivity index (χ0) is 13.5. The number of piperazine rings is 1. The highest BCUT2D eigenvalue weighted by atomic mass is 19.2. The number of hydrogen-bond donors (Lipinski definition) is 1. The minimum atomic E-state index is -1.39. The number of rotatable bonds is 1. The van der Waals surface area contributed by atoms with E-state index in [0.29, 0.717) is 12.2 Å². The van der Waals surface area contributed by atoms with Gasteiger partial charge in [0.2, 0.25) is 0 Å². The van der Waals surface area contributed by atoms with Gasteiger partial charge in [-0.1, -0.05) is 12.8 Å². The maximum atomic E-state index is 13.3. The number of benzene rings is 1. The van der Waals surface area contributed by atoms with Crippen LogP contribution in [-0.2, 0) is 0 Å². The number of anilines is 1. The Bertz CT molecular complexity index is 461. The summed E-state index contributed by atoms with van der Waals surface area (Å²) >= 11 is 0. The standard InChI is InChI=1S/C14H17F3N2/c15-11-7-10(8-12(16)13(11)17)19-6-5-18-14(9-19)3-1-2-4-14/h7-8,18H,1-6,9H2. The zero-order valence-corrected chi connectivity index (χ0v) is 10.7. The second-order valence-corrected chi connectivity index (χ2v) is 5.56. The zero-order valence-electron chi connectivity index (χ0n) is 10.7. The lowest BCUT2D eigenvalue weighted by Gasteiger charge is -2.42. The summed E-state index contributed by atoms with van der Waals surface area (Å²) in [4.78, 5) is 1.95. The van der Waals surface area contributed by atoms with E-state index in [4.69, 9.17) is 0 Å². The number of halogens is 3. The molecule has 1 aromatic carbocycles. The molecular formula is C14H17F3N2. The van der Waals surface area contributed by atoms with Gasteiger partial charge >= 0.3 is 0 Å². The van der Waals surface area contributed by atoms with Crippen LogP contribution in [-0.4, -0.2) is 25.2 Å². The van der Waals surface area contributed by atoms with E-state index in [0.717, 1.165) is 38.1 Å². The largest absolute Gasteiger partial charge is 0.368 e. The van der Waals surface area contributed by atoms with Crippen molar-refractivity contribution in [1.29, 1.82) is 0 Å². The smallest absolute Gasteiger partial charge is 0.194 e. The molecule has 19 heavy (non-hydrogen) atoms. The highest BCUT2D eigenvalue weighted by Crippen LogP contribution is 2.34. The fourth-order valence-corrected chi connectivity index (χ4v) is 3.29. The van der Waals surface area contributed by atoms with Gasteiger partial charge in [0.05, 0.1) is 0 Å². The van der Waals surface area contributed by atoms with Crippen molar-refractivity contribution in [2.24, 2.45) is 0 Å². The molecule has 1 heterocycles. The maximum absolute atomic E-state index is 13.3. The normalized spacial score (nSPS) is 22.2. The average molecular weight is 270 g/mol. The SMILES string of the molecule is Fc1cc(N2CCNC3(CCCC3)C2)cc(F)c1F. The monoisotopic (exact) mass is 270 g/mol. The Labute approximate surface area is 110 Å². The molecule has 1 aliphatic carbocycles. The second-order valence-electron chi connectivity index (χ2n) is 5.56. The summed E-state index contributed by atoms with van der Waals surface area (Å²) in [6, 6.07) is 2.18. The van der Waals surface area contributed by atoms with Gasteiger partial charge in [-0.15, -0.1) is 0 Å². The molecule has 0 aromatic heterocycles. The fraction of sp³-hybridized carbons (Fsp3) is 0.571. The molecule has 2 fully saturated rings. The Kier molecular flexibility index (Phi) is 3.17. The third-order valence-corrected chi connectivity index (χ3v) is 4.27. The van der Waals surface area contributed by atoms with Crippen molar-refractivity contribution < 1.29 is 13.2 Å². The van der Waals surface area contributed by atoms with Crippen molar-refractivity contribution >= 4 is 5.69 Å². The third kappa shape index (κ3) is 2.31. The molecule has 0 unspecified atom stereocenters. The molecular weight excluding hydrogens is 253 g/mol. The molecule has 0 radical (unpaired) electrons. The highest BCUT2D eigenvalue weighted by Gasteiger charge is 2.37. The summed E-state index contributed by atoms with van der Waals surface area (Å²) in [5.74, 6) is -3.63. The second kappa shape index (κ2) is 4.71. The Morgan fingerprint density at radius 2 is 1.68 bits per heavy atom. The number of nitrogens with zero attached hydrogens (tertiary/aromatic N) is 1. The Balaban J connectivity index is 1.85. The Morgan fingerprint density at radius 3 is 2.32 bits per heavy atom. The predicted octanol–water partition coefficient (Wildman–Crippen LogP) is 2.83. The number of nitrogens with one attached hydrogen (secondary N) is 1. The predicted molar refractivity (Wildman–Crippen MR) is 67.7 cm³/mol. The molecule has 0 bridgehead atoms. The van der Waals surface area contributed by atoms with Crippen molar-refractivity contribution in [3.05, 3.63) is 29.6 Å². The quantitative estimate of drug-likeness (QED) is 0.789. The highest BCUT2D eigenvalue weighted by molar-refractivity contribution is 5.48. The van der Waals surface area contributed by atoms with Gasteiger partial charge in [-0.05, 0) is 12.8 Å². The summed E-state index contributed by atoms with van der Waals surface area (Å²) < 4.78 is 39.6. The molecule has 2 aliphatic rings. The van der Waals surface area contributed by atoms with E-state index in [9.17, 15) is 13.2 Å². The minimum Gasteiger partial charge on any atom is -0.368 e. The van der Waals surface area contributed by atoms with Crippen LogP contribution in [0.1, 0.15) is 25.7 Å². The topological polar surface area (TPSA) is 15.3 Å². The summed E-state index contributed by atoms with van der Waals surface area (Å²) in [5.41, 5.74) is 0.503. The Hall–Kier alpha value is -1.23. The van der Waals surface area contributed by atoms with Gasteiger partial charge in [0, 0.05) is 43.0 Å². The molecule has 104 valence electrons. The third-order valence-electron chi connectivity index (χ3n) is 4.27. The molecule has 1 N–H and O–H groups in total. The first kappa shape index (κ1) is 12.8. The van der Waals surface area contributed by atoms with E-state index in [-0.39, 0.29) is 5.54 Å². The molecule has 1 aromatic rings. The van der Waals surface area contributed by atoms with Crippen molar-refractivity contribution in [3.63, 3.8) is 0 Å². The van der Waals surface area contributed by atoms with E-state index in [1.54, 1.807) is 0 Å². The van der Waals surface area contributed by atoms with E-state index in [1.165, 1.54) is 12.8 Å². The van der Waals surface area contributed by atoms with Crippen LogP contribution in [0.5, 0.6) is 0 Å². The van der Waals surface area contributed by atoms with Crippen LogP contribution in [0.15, 0.2) is 12.1 Å². The first-order valence-corrected chi connectivity index (χ1v) is 6.74. The maximum Gasteiger partial charge on any atom is 0.194 e. The molecule has 1 aliphatic heterocycles. The van der Waals surface area contributed by atoms with Crippen molar-refractivity contribution in [3.8, 4) is 0 Å². The van der Waals surface area contributed by atoms with Gasteiger partial charge in [-0.3, -0.25) is 0 Å².